The zero-order chi connectivity index (χ0) is 32.0. The molecule has 1 aromatic heterocycles. The summed E-state index contributed by atoms with van der Waals surface area (Å²) in [5.41, 5.74) is 7.38. The lowest BCUT2D eigenvalue weighted by Crippen LogP contribution is -2.16. The van der Waals surface area contributed by atoms with Crippen LogP contribution in [0, 0.1) is 53.5 Å². The molecule has 224 valence electrons. The lowest BCUT2D eigenvalue weighted by atomic mass is 10.2. The average Bonchev–Trinajstić information content (AvgIpc) is 2.90. The van der Waals surface area contributed by atoms with Crippen LogP contribution in [0.5, 0.6) is 0 Å². The van der Waals surface area contributed by atoms with Crippen molar-refractivity contribution in [1.82, 2.24) is 4.98 Å². The predicted molar refractivity (Wildman–Crippen MR) is 185 cm³/mol. The van der Waals surface area contributed by atoms with Gasteiger partial charge in [0.1, 0.15) is 23.5 Å². The van der Waals surface area contributed by atoms with Crippen LogP contribution < -0.4 is 0 Å². The summed E-state index contributed by atoms with van der Waals surface area (Å²) in [6.45, 7) is 15.0. The van der Waals surface area contributed by atoms with Gasteiger partial charge in [-0.05, 0) is 31.2 Å². The number of alkyl halides is 2. The molecule has 0 aliphatic carbocycles. The van der Waals surface area contributed by atoms with Crippen LogP contribution in [-0.2, 0) is 9.05 Å². The molecule has 0 saturated heterocycles. The largest absolute Gasteiger partial charge is 0.384 e. The number of aliphatic hydroxyl groups excluding tert-OH is 1. The minimum absolute atomic E-state index is 0.0548. The van der Waals surface area contributed by atoms with Gasteiger partial charge in [0.25, 0.3) is 9.05 Å². The smallest absolute Gasteiger partial charge is 0.261 e. The summed E-state index contributed by atoms with van der Waals surface area (Å²) < 4.78 is 21.4. The van der Waals surface area contributed by atoms with Gasteiger partial charge in [-0.3, -0.25) is 4.98 Å². The fraction of sp³-hybridized carbons (Fsp3) is 0.387. The number of aryl methyl sites for hydroxylation is 1. The van der Waals surface area contributed by atoms with Gasteiger partial charge in [0.2, 0.25) is 0 Å². The van der Waals surface area contributed by atoms with Crippen molar-refractivity contribution in [2.45, 2.75) is 70.7 Å². The molecule has 10 heteroatoms. The number of rotatable bonds is 1. The molecule has 2 rings (SSSR count). The number of hydrogen-bond acceptors (Lipinski definition) is 4. The van der Waals surface area contributed by atoms with E-state index in [-0.39, 0.29) is 16.8 Å². The Hall–Kier alpha value is -2.18. The number of aliphatic hydroxyl groups is 1. The molecular weight excluding hydrogens is 629 g/mol. The molecule has 0 atom stereocenters. The molecule has 4 nitrogen and oxygen atoms in total. The minimum Gasteiger partial charge on any atom is -0.384 e. The topological polar surface area (TPSA) is 67.3 Å². The predicted octanol–water partition coefficient (Wildman–Crippen LogP) is 7.50. The first kappa shape index (κ1) is 43.3. The van der Waals surface area contributed by atoms with Gasteiger partial charge in [-0.1, -0.05) is 93.0 Å². The van der Waals surface area contributed by atoms with Crippen LogP contribution in [0.4, 0.5) is 0 Å². The molecule has 1 heterocycles. The fourth-order valence-electron chi connectivity index (χ4n) is 1.97. The number of aromatic nitrogens is 1. The Labute approximate surface area is 266 Å². The Morgan fingerprint density at radius 1 is 0.878 bits per heavy atom. The third-order valence-electron chi connectivity index (χ3n) is 3.58. The van der Waals surface area contributed by atoms with E-state index in [9.17, 15) is 8.42 Å². The molecule has 0 aliphatic rings. The normalized spacial score (nSPS) is 8.98. The summed E-state index contributed by atoms with van der Waals surface area (Å²) >= 11 is 9.53. The Morgan fingerprint density at radius 2 is 1.39 bits per heavy atom. The number of benzene rings is 1. The number of pyridine rings is 1. The van der Waals surface area contributed by atoms with Crippen molar-refractivity contribution in [3.63, 3.8) is 0 Å². The van der Waals surface area contributed by atoms with Gasteiger partial charge < -0.3 is 5.11 Å². The maximum absolute atomic E-state index is 10.7. The zero-order valence-corrected chi connectivity index (χ0v) is 30.3. The van der Waals surface area contributed by atoms with Crippen LogP contribution in [0.15, 0.2) is 59.8 Å². The van der Waals surface area contributed by atoms with E-state index in [1.54, 1.807) is 24.5 Å². The van der Waals surface area contributed by atoms with E-state index < -0.39 is 25.9 Å². The molecule has 1 N–H and O–H groups in total. The van der Waals surface area contributed by atoms with E-state index >= 15 is 0 Å². The Balaban J connectivity index is -0.000000461. The molecule has 0 radical (unpaired) electrons. The highest BCUT2D eigenvalue weighted by Gasteiger charge is 2.07. The second-order valence-corrected chi connectivity index (χ2v) is 19.7. The molecule has 41 heavy (non-hydrogen) atoms. The number of hydrogen-bond donors (Lipinski definition) is 1. The van der Waals surface area contributed by atoms with Crippen molar-refractivity contribution < 1.29 is 13.5 Å². The van der Waals surface area contributed by atoms with Crippen LogP contribution in [-0.4, -0.2) is 47.3 Å². The summed E-state index contributed by atoms with van der Waals surface area (Å²) in [5.74, 6) is 17.3. The molecule has 0 amide bonds. The second-order valence-electron chi connectivity index (χ2n) is 8.98. The van der Waals surface area contributed by atoms with Gasteiger partial charge in [0.05, 0.1) is 23.1 Å². The molecule has 1 aromatic carbocycles. The van der Waals surface area contributed by atoms with Crippen LogP contribution in [0.1, 0.15) is 31.7 Å². The Morgan fingerprint density at radius 3 is 1.76 bits per heavy atom. The summed E-state index contributed by atoms with van der Waals surface area (Å²) in [6, 6.07) is 12.1. The van der Waals surface area contributed by atoms with Crippen LogP contribution in [0.25, 0.3) is 0 Å². The first-order valence-corrected chi connectivity index (χ1v) is 22.5. The van der Waals surface area contributed by atoms with E-state index in [0.717, 1.165) is 18.4 Å². The van der Waals surface area contributed by atoms with E-state index in [4.69, 9.17) is 39.0 Å². The SMILES string of the molecule is CCC#CCC#C[Si](C)(C)C.C[SiH](C)C#CCC#CCO.Cc1ccc(S(=O)(=O)Cl)cc1.ClCCl.c1ccncc1. The van der Waals surface area contributed by atoms with E-state index in [1.165, 1.54) is 12.1 Å². The minimum atomic E-state index is -3.55. The van der Waals surface area contributed by atoms with Gasteiger partial charge in [0.15, 0.2) is 0 Å². The highest BCUT2D eigenvalue weighted by Crippen LogP contribution is 2.14. The zero-order valence-electron chi connectivity index (χ0n) is 25.1. The van der Waals surface area contributed by atoms with Crippen molar-refractivity contribution in [2.24, 2.45) is 0 Å². The quantitative estimate of drug-likeness (QED) is 0.148. The van der Waals surface area contributed by atoms with E-state index in [2.05, 4.69) is 91.3 Å². The Bertz CT molecular complexity index is 1240. The summed E-state index contributed by atoms with van der Waals surface area (Å²) in [6.07, 6.45) is 5.79. The molecular formula is C31H42Cl3NO3SSi2. The average molecular weight is 671 g/mol. The maximum Gasteiger partial charge on any atom is 0.261 e. The van der Waals surface area contributed by atoms with Gasteiger partial charge in [-0.2, -0.15) is 0 Å². The lowest BCUT2D eigenvalue weighted by molar-refractivity contribution is 0.350. The van der Waals surface area contributed by atoms with Crippen LogP contribution in [0.2, 0.25) is 32.7 Å². The van der Waals surface area contributed by atoms with Gasteiger partial charge in [0, 0.05) is 29.5 Å². The second kappa shape index (κ2) is 29.3. The Kier molecular flexibility index (Phi) is 31.0. The maximum atomic E-state index is 10.7. The number of halogens is 3. The van der Waals surface area contributed by atoms with Gasteiger partial charge >= 0.3 is 0 Å². The summed E-state index contributed by atoms with van der Waals surface area (Å²) in [4.78, 5) is 3.93. The van der Waals surface area contributed by atoms with Crippen molar-refractivity contribution in [2.75, 3.05) is 11.9 Å². The highest BCUT2D eigenvalue weighted by atomic mass is 35.7. The van der Waals surface area contributed by atoms with Gasteiger partial charge in [-0.15, -0.1) is 40.2 Å². The molecule has 0 aliphatic heterocycles. The first-order valence-electron chi connectivity index (χ1n) is 12.7. The summed E-state index contributed by atoms with van der Waals surface area (Å²) in [5, 5.41) is 8.46. The van der Waals surface area contributed by atoms with Crippen molar-refractivity contribution in [3.8, 4) is 46.6 Å². The molecule has 0 bridgehead atoms. The first-order chi connectivity index (χ1) is 19.2. The van der Waals surface area contributed by atoms with E-state index in [1.807, 2.05) is 25.1 Å². The number of nitrogens with zero attached hydrogens (tertiary/aromatic N) is 1. The van der Waals surface area contributed by atoms with E-state index in [0.29, 0.717) is 6.42 Å². The van der Waals surface area contributed by atoms with Crippen molar-refractivity contribution >= 4 is 59.8 Å². The molecule has 0 fully saturated rings. The molecule has 0 saturated carbocycles. The van der Waals surface area contributed by atoms with Crippen molar-refractivity contribution in [1.29, 1.82) is 0 Å². The fourth-order valence-corrected chi connectivity index (χ4v) is 3.87. The van der Waals surface area contributed by atoms with Crippen LogP contribution in [0.3, 0.4) is 0 Å². The highest BCUT2D eigenvalue weighted by molar-refractivity contribution is 8.13. The lowest BCUT2D eigenvalue weighted by Gasteiger charge is -2.02. The van der Waals surface area contributed by atoms with Crippen LogP contribution >= 0.6 is 33.9 Å². The van der Waals surface area contributed by atoms with Gasteiger partial charge in [-0.25, -0.2) is 8.42 Å². The van der Waals surface area contributed by atoms with Crippen molar-refractivity contribution in [3.05, 3.63) is 60.4 Å². The summed E-state index contributed by atoms with van der Waals surface area (Å²) in [7, 11) is -0.324. The standard InChI is InChI=1S/C10H16Si.C8H12OSi.C7H7ClO2S.C5H5N.CH2Cl2/c1-5-6-7-8-9-10-11(2,3)4;1-10(2)8-6-4-3-5-7-9;1-6-2-4-7(5-3-6)11(8,9)10;1-2-4-6-5-3-1;2-1-3/h5,8H2,1-4H3;9-10H,4,7H2,1-2H3;2-5H,1H3;1-5H;1H2. The molecule has 0 spiro atoms. The molecule has 2 aromatic rings. The third kappa shape index (κ3) is 40.0. The third-order valence-corrected chi connectivity index (χ3v) is 6.66. The monoisotopic (exact) mass is 669 g/mol. The molecule has 0 unspecified atom stereocenters.